The summed E-state index contributed by atoms with van der Waals surface area (Å²) in [6.45, 7) is 2.74. The molecule has 0 fully saturated rings. The number of ether oxygens (including phenoxy) is 2. The summed E-state index contributed by atoms with van der Waals surface area (Å²) in [6, 6.07) is 11.2. The maximum absolute atomic E-state index is 12.4. The minimum absolute atomic E-state index is 0.0756. The minimum Gasteiger partial charge on any atom is -0.490 e. The van der Waals surface area contributed by atoms with E-state index in [1.807, 2.05) is 6.92 Å². The summed E-state index contributed by atoms with van der Waals surface area (Å²) in [5.41, 5.74) is 6.19. The van der Waals surface area contributed by atoms with E-state index in [1.54, 1.807) is 49.6 Å². The predicted octanol–water partition coefficient (Wildman–Crippen LogP) is 3.16. The predicted molar refractivity (Wildman–Crippen MR) is 132 cm³/mol. The number of methoxy groups -OCH3 is 1. The van der Waals surface area contributed by atoms with Crippen LogP contribution >= 0.6 is 28.1 Å². The van der Waals surface area contributed by atoms with Crippen molar-refractivity contribution < 1.29 is 23.9 Å². The maximum atomic E-state index is 12.4. The SMILES string of the molecule is CCCC(=O)Nc1ccc(C(=O)NNC(=S)NC(=O)c2ccc(OCCOC)c(Br)c2)cc1. The van der Waals surface area contributed by atoms with E-state index in [0.29, 0.717) is 46.7 Å². The molecule has 176 valence electrons. The molecule has 0 aliphatic heterocycles. The molecule has 0 radical (unpaired) electrons. The van der Waals surface area contributed by atoms with Gasteiger partial charge in [0.1, 0.15) is 12.4 Å². The van der Waals surface area contributed by atoms with Crippen LogP contribution in [0.1, 0.15) is 40.5 Å². The van der Waals surface area contributed by atoms with Crippen molar-refractivity contribution in [3.05, 3.63) is 58.1 Å². The second kappa shape index (κ2) is 13.5. The van der Waals surface area contributed by atoms with Crippen LogP contribution < -0.4 is 26.2 Å². The zero-order valence-electron chi connectivity index (χ0n) is 18.2. The Morgan fingerprint density at radius 3 is 2.30 bits per heavy atom. The number of amides is 3. The molecule has 0 aliphatic carbocycles. The monoisotopic (exact) mass is 536 g/mol. The fourth-order valence-corrected chi connectivity index (χ4v) is 3.18. The summed E-state index contributed by atoms with van der Waals surface area (Å²) in [5.74, 6) is -0.429. The van der Waals surface area contributed by atoms with E-state index >= 15 is 0 Å². The van der Waals surface area contributed by atoms with E-state index in [2.05, 4.69) is 37.4 Å². The van der Waals surface area contributed by atoms with Crippen molar-refractivity contribution in [2.75, 3.05) is 25.6 Å². The smallest absolute Gasteiger partial charge is 0.269 e. The first-order valence-corrected chi connectivity index (χ1v) is 11.3. The van der Waals surface area contributed by atoms with Crippen molar-refractivity contribution in [2.24, 2.45) is 0 Å². The van der Waals surface area contributed by atoms with Gasteiger partial charge in [-0.2, -0.15) is 0 Å². The van der Waals surface area contributed by atoms with Gasteiger partial charge in [-0.1, -0.05) is 6.92 Å². The molecule has 0 spiro atoms. The number of hydrazine groups is 1. The molecule has 3 amide bonds. The second-order valence-corrected chi connectivity index (χ2v) is 7.99. The van der Waals surface area contributed by atoms with E-state index in [9.17, 15) is 14.4 Å². The number of nitrogens with one attached hydrogen (secondary N) is 4. The molecule has 2 rings (SSSR count). The van der Waals surface area contributed by atoms with Gasteiger partial charge in [-0.05, 0) is 77.0 Å². The van der Waals surface area contributed by atoms with E-state index < -0.39 is 11.8 Å². The average molecular weight is 537 g/mol. The van der Waals surface area contributed by atoms with Crippen LogP contribution in [0.3, 0.4) is 0 Å². The molecule has 0 aromatic heterocycles. The Bertz CT molecular complexity index is 1000. The summed E-state index contributed by atoms with van der Waals surface area (Å²) in [6.07, 6.45) is 1.18. The van der Waals surface area contributed by atoms with Crippen molar-refractivity contribution in [3.8, 4) is 5.75 Å². The normalized spacial score (nSPS) is 10.2. The van der Waals surface area contributed by atoms with Gasteiger partial charge in [-0.25, -0.2) is 0 Å². The summed E-state index contributed by atoms with van der Waals surface area (Å²) < 4.78 is 11.1. The van der Waals surface area contributed by atoms with Crippen LogP contribution in [0.4, 0.5) is 5.69 Å². The van der Waals surface area contributed by atoms with Crippen LogP contribution in [0.25, 0.3) is 0 Å². The molecule has 2 aromatic rings. The second-order valence-electron chi connectivity index (χ2n) is 6.72. The topological polar surface area (TPSA) is 118 Å². The first-order chi connectivity index (χ1) is 15.8. The lowest BCUT2D eigenvalue weighted by molar-refractivity contribution is -0.116. The Morgan fingerprint density at radius 1 is 0.970 bits per heavy atom. The van der Waals surface area contributed by atoms with Crippen LogP contribution in [-0.2, 0) is 9.53 Å². The van der Waals surface area contributed by atoms with Crippen molar-refractivity contribution in [1.29, 1.82) is 0 Å². The third kappa shape index (κ3) is 8.79. The van der Waals surface area contributed by atoms with Crippen molar-refractivity contribution >= 4 is 56.7 Å². The highest BCUT2D eigenvalue weighted by molar-refractivity contribution is 9.10. The summed E-state index contributed by atoms with van der Waals surface area (Å²) in [5, 5.41) is 5.15. The lowest BCUT2D eigenvalue weighted by atomic mass is 10.2. The summed E-state index contributed by atoms with van der Waals surface area (Å²) >= 11 is 8.43. The molecule has 0 atom stereocenters. The molecule has 33 heavy (non-hydrogen) atoms. The molecule has 0 bridgehead atoms. The van der Waals surface area contributed by atoms with Gasteiger partial charge < -0.3 is 14.8 Å². The van der Waals surface area contributed by atoms with Crippen LogP contribution in [0.2, 0.25) is 0 Å². The molecule has 4 N–H and O–H groups in total. The van der Waals surface area contributed by atoms with Gasteiger partial charge in [0.15, 0.2) is 5.11 Å². The van der Waals surface area contributed by atoms with Crippen LogP contribution in [0, 0.1) is 0 Å². The van der Waals surface area contributed by atoms with Crippen LogP contribution in [0.5, 0.6) is 5.75 Å². The number of carbonyl (C=O) groups excluding carboxylic acids is 3. The molecule has 2 aromatic carbocycles. The lowest BCUT2D eigenvalue weighted by Gasteiger charge is -2.12. The number of hydrogen-bond acceptors (Lipinski definition) is 6. The van der Waals surface area contributed by atoms with Gasteiger partial charge in [0.2, 0.25) is 5.91 Å². The number of thiocarbonyl (C=S) groups is 1. The highest BCUT2D eigenvalue weighted by Crippen LogP contribution is 2.26. The van der Waals surface area contributed by atoms with Gasteiger partial charge >= 0.3 is 0 Å². The standard InChI is InChI=1S/C22H25BrN4O5S/c1-3-4-19(28)24-16-8-5-14(6-9-16)21(30)26-27-22(33)25-20(29)15-7-10-18(17(23)13-15)32-12-11-31-2/h5-10,13H,3-4,11-12H2,1-2H3,(H,24,28)(H,26,30)(H2,25,27,29,33). The average Bonchev–Trinajstić information content (AvgIpc) is 2.79. The van der Waals surface area contributed by atoms with Crippen molar-refractivity contribution in [2.45, 2.75) is 19.8 Å². The fourth-order valence-electron chi connectivity index (χ4n) is 2.54. The minimum atomic E-state index is -0.460. The number of hydrogen-bond donors (Lipinski definition) is 4. The molecule has 0 unspecified atom stereocenters. The first-order valence-electron chi connectivity index (χ1n) is 10.1. The zero-order chi connectivity index (χ0) is 24.2. The third-order valence-electron chi connectivity index (χ3n) is 4.16. The van der Waals surface area contributed by atoms with Crippen LogP contribution in [0.15, 0.2) is 46.9 Å². The third-order valence-corrected chi connectivity index (χ3v) is 4.99. The van der Waals surface area contributed by atoms with Gasteiger partial charge in [-0.15, -0.1) is 0 Å². The maximum Gasteiger partial charge on any atom is 0.269 e. The van der Waals surface area contributed by atoms with Gasteiger partial charge in [0.05, 0.1) is 11.1 Å². The largest absolute Gasteiger partial charge is 0.490 e. The highest BCUT2D eigenvalue weighted by Gasteiger charge is 2.12. The molecule has 11 heteroatoms. The molecule has 0 aliphatic rings. The lowest BCUT2D eigenvalue weighted by Crippen LogP contribution is -2.48. The van der Waals surface area contributed by atoms with Gasteiger partial charge in [-0.3, -0.25) is 30.6 Å². The molecular weight excluding hydrogens is 512 g/mol. The Labute approximate surface area is 205 Å². The van der Waals surface area contributed by atoms with Gasteiger partial charge in [0, 0.05) is 30.3 Å². The molecular formula is C22H25BrN4O5S. The number of halogens is 1. The Hall–Kier alpha value is -3.02. The fraction of sp³-hybridized carbons (Fsp3) is 0.273. The Balaban J connectivity index is 1.83. The van der Waals surface area contributed by atoms with E-state index in [1.165, 1.54) is 0 Å². The first kappa shape index (κ1) is 26.2. The number of carbonyl (C=O) groups is 3. The van der Waals surface area contributed by atoms with Crippen molar-refractivity contribution in [1.82, 2.24) is 16.2 Å². The molecule has 0 saturated heterocycles. The zero-order valence-corrected chi connectivity index (χ0v) is 20.6. The summed E-state index contributed by atoms with van der Waals surface area (Å²) in [7, 11) is 1.58. The quantitative estimate of drug-likeness (QED) is 0.221. The highest BCUT2D eigenvalue weighted by atomic mass is 79.9. The number of rotatable bonds is 9. The molecule has 0 saturated carbocycles. The number of benzene rings is 2. The molecule has 9 nitrogen and oxygen atoms in total. The Kier molecular flexibility index (Phi) is 10.7. The summed E-state index contributed by atoms with van der Waals surface area (Å²) in [4.78, 5) is 36.3. The molecule has 0 heterocycles. The van der Waals surface area contributed by atoms with Crippen LogP contribution in [-0.4, -0.2) is 43.2 Å². The Morgan fingerprint density at radius 2 is 1.67 bits per heavy atom. The number of anilines is 1. The van der Waals surface area contributed by atoms with E-state index in [4.69, 9.17) is 21.7 Å². The van der Waals surface area contributed by atoms with Gasteiger partial charge in [0.25, 0.3) is 11.8 Å². The van der Waals surface area contributed by atoms with E-state index in [0.717, 1.165) is 6.42 Å². The van der Waals surface area contributed by atoms with E-state index in [-0.39, 0.29) is 11.0 Å². The van der Waals surface area contributed by atoms with Crippen molar-refractivity contribution in [3.63, 3.8) is 0 Å².